The van der Waals surface area contributed by atoms with E-state index in [-0.39, 0.29) is 0 Å². The Morgan fingerprint density at radius 1 is 1.07 bits per heavy atom. The highest BCUT2D eigenvalue weighted by Crippen LogP contribution is 2.04. The van der Waals surface area contributed by atoms with Gasteiger partial charge in [-0.3, -0.25) is 0 Å². The summed E-state index contributed by atoms with van der Waals surface area (Å²) in [5, 5.41) is 3.41. The van der Waals surface area contributed by atoms with Gasteiger partial charge in [0, 0.05) is 12.2 Å². The summed E-state index contributed by atoms with van der Waals surface area (Å²) < 4.78 is 0. The van der Waals surface area contributed by atoms with E-state index in [0.29, 0.717) is 0 Å². The molecule has 1 aliphatic carbocycles. The van der Waals surface area contributed by atoms with Gasteiger partial charge < -0.3 is 5.32 Å². The fourth-order valence-electron chi connectivity index (χ4n) is 1.51. The van der Waals surface area contributed by atoms with Crippen LogP contribution in [0.3, 0.4) is 0 Å². The highest BCUT2D eigenvalue weighted by molar-refractivity contribution is 5.26. The van der Waals surface area contributed by atoms with E-state index in [9.17, 15) is 0 Å². The van der Waals surface area contributed by atoms with Gasteiger partial charge in [-0.15, -0.1) is 0 Å². The summed E-state index contributed by atoms with van der Waals surface area (Å²) in [4.78, 5) is 0. The molecule has 0 amide bonds. The van der Waals surface area contributed by atoms with E-state index in [0.717, 1.165) is 13.0 Å². The standard InChI is InChI=1S/C14H15N/c1-2-7-11-14(10-6-1)15-12-13-8-4-3-5-9-13/h1-6,8-11,15H,7,12H2. The molecule has 1 aromatic rings. The van der Waals surface area contributed by atoms with Crippen LogP contribution in [-0.2, 0) is 6.54 Å². The summed E-state index contributed by atoms with van der Waals surface area (Å²) in [5.74, 6) is 0. The monoisotopic (exact) mass is 197 g/mol. The zero-order chi connectivity index (χ0) is 10.3. The van der Waals surface area contributed by atoms with Crippen molar-refractivity contribution in [1.29, 1.82) is 0 Å². The molecule has 0 heterocycles. The van der Waals surface area contributed by atoms with E-state index in [1.165, 1.54) is 11.3 Å². The van der Waals surface area contributed by atoms with E-state index in [1.54, 1.807) is 0 Å². The molecule has 0 bridgehead atoms. The van der Waals surface area contributed by atoms with Crippen molar-refractivity contribution in [2.24, 2.45) is 0 Å². The van der Waals surface area contributed by atoms with Gasteiger partial charge in [0.1, 0.15) is 0 Å². The van der Waals surface area contributed by atoms with E-state index in [2.05, 4.69) is 60.0 Å². The van der Waals surface area contributed by atoms with Crippen LogP contribution in [0, 0.1) is 0 Å². The summed E-state index contributed by atoms with van der Waals surface area (Å²) in [6.45, 7) is 0.886. The van der Waals surface area contributed by atoms with Crippen molar-refractivity contribution < 1.29 is 0 Å². The molecule has 76 valence electrons. The predicted octanol–water partition coefficient (Wildman–Crippen LogP) is 3.18. The minimum absolute atomic E-state index is 0.886. The summed E-state index contributed by atoms with van der Waals surface area (Å²) in [5.41, 5.74) is 2.51. The Labute approximate surface area is 90.8 Å². The lowest BCUT2D eigenvalue weighted by Crippen LogP contribution is -2.10. The minimum Gasteiger partial charge on any atom is -0.381 e. The highest BCUT2D eigenvalue weighted by atomic mass is 14.9. The van der Waals surface area contributed by atoms with Crippen LogP contribution in [0.5, 0.6) is 0 Å². The molecule has 1 heteroatoms. The van der Waals surface area contributed by atoms with Gasteiger partial charge in [-0.25, -0.2) is 0 Å². The second-order valence-electron chi connectivity index (χ2n) is 3.52. The van der Waals surface area contributed by atoms with Crippen LogP contribution in [0.15, 0.2) is 66.4 Å². The quantitative estimate of drug-likeness (QED) is 0.784. The van der Waals surface area contributed by atoms with Crippen molar-refractivity contribution in [3.05, 3.63) is 72.0 Å². The van der Waals surface area contributed by atoms with E-state index in [4.69, 9.17) is 0 Å². The molecule has 0 unspecified atom stereocenters. The second kappa shape index (κ2) is 5.20. The lowest BCUT2D eigenvalue weighted by Gasteiger charge is -2.06. The molecule has 15 heavy (non-hydrogen) atoms. The molecule has 0 aliphatic heterocycles. The molecule has 0 saturated carbocycles. The summed E-state index contributed by atoms with van der Waals surface area (Å²) in [6, 6.07) is 10.4. The van der Waals surface area contributed by atoms with Crippen molar-refractivity contribution in [2.45, 2.75) is 13.0 Å². The molecule has 0 spiro atoms. The van der Waals surface area contributed by atoms with Crippen molar-refractivity contribution in [2.75, 3.05) is 0 Å². The van der Waals surface area contributed by atoms with Gasteiger partial charge in [0.15, 0.2) is 0 Å². The number of nitrogens with one attached hydrogen (secondary N) is 1. The van der Waals surface area contributed by atoms with Crippen molar-refractivity contribution in [3.8, 4) is 0 Å². The van der Waals surface area contributed by atoms with Crippen LogP contribution >= 0.6 is 0 Å². The Bertz CT molecular complexity index is 385. The van der Waals surface area contributed by atoms with Crippen molar-refractivity contribution in [1.82, 2.24) is 5.32 Å². The van der Waals surface area contributed by atoms with Gasteiger partial charge in [0.25, 0.3) is 0 Å². The molecule has 0 fully saturated rings. The third-order valence-corrected chi connectivity index (χ3v) is 2.34. The van der Waals surface area contributed by atoms with Crippen LogP contribution in [-0.4, -0.2) is 0 Å². The molecule has 0 atom stereocenters. The molecule has 1 nitrogen and oxygen atoms in total. The molecule has 1 aromatic carbocycles. The normalized spacial score (nSPS) is 14.5. The average molecular weight is 197 g/mol. The third-order valence-electron chi connectivity index (χ3n) is 2.34. The van der Waals surface area contributed by atoms with E-state index >= 15 is 0 Å². The Morgan fingerprint density at radius 3 is 2.80 bits per heavy atom. The zero-order valence-electron chi connectivity index (χ0n) is 8.69. The lowest BCUT2D eigenvalue weighted by atomic mass is 10.2. The zero-order valence-corrected chi connectivity index (χ0v) is 8.69. The maximum absolute atomic E-state index is 3.41. The average Bonchev–Trinajstić information content (AvgIpc) is 2.56. The number of benzene rings is 1. The number of hydrogen-bond acceptors (Lipinski definition) is 1. The summed E-state index contributed by atoms with van der Waals surface area (Å²) in [6.07, 6.45) is 11.6. The molecule has 0 radical (unpaired) electrons. The SMILES string of the molecule is C1=CCC=C(NCc2ccccc2)C=C1. The predicted molar refractivity (Wildman–Crippen MR) is 64.3 cm³/mol. The molecule has 1 aliphatic rings. The van der Waals surface area contributed by atoms with E-state index < -0.39 is 0 Å². The van der Waals surface area contributed by atoms with Gasteiger partial charge >= 0.3 is 0 Å². The van der Waals surface area contributed by atoms with Crippen LogP contribution < -0.4 is 5.32 Å². The van der Waals surface area contributed by atoms with Crippen LogP contribution in [0.4, 0.5) is 0 Å². The Hall–Kier alpha value is -1.76. The van der Waals surface area contributed by atoms with Gasteiger partial charge in [0.05, 0.1) is 0 Å². The molecular formula is C14H15N. The Kier molecular flexibility index (Phi) is 3.39. The van der Waals surface area contributed by atoms with Crippen molar-refractivity contribution in [3.63, 3.8) is 0 Å². The molecular weight excluding hydrogens is 182 g/mol. The maximum atomic E-state index is 3.41. The van der Waals surface area contributed by atoms with Crippen LogP contribution in [0.1, 0.15) is 12.0 Å². The lowest BCUT2D eigenvalue weighted by molar-refractivity contribution is 0.829. The van der Waals surface area contributed by atoms with E-state index in [1.807, 2.05) is 6.07 Å². The summed E-state index contributed by atoms with van der Waals surface area (Å²) >= 11 is 0. The highest BCUT2D eigenvalue weighted by Gasteiger charge is 1.93. The van der Waals surface area contributed by atoms with Crippen LogP contribution in [0.2, 0.25) is 0 Å². The molecule has 1 N–H and O–H groups in total. The first-order chi connectivity index (χ1) is 7.45. The summed E-state index contributed by atoms with van der Waals surface area (Å²) in [7, 11) is 0. The van der Waals surface area contributed by atoms with Crippen molar-refractivity contribution >= 4 is 0 Å². The molecule has 0 saturated heterocycles. The Balaban J connectivity index is 1.91. The second-order valence-corrected chi connectivity index (χ2v) is 3.52. The smallest absolute Gasteiger partial charge is 0.0400 e. The fourth-order valence-corrected chi connectivity index (χ4v) is 1.51. The topological polar surface area (TPSA) is 12.0 Å². The first kappa shape index (κ1) is 9.78. The van der Waals surface area contributed by atoms with Gasteiger partial charge in [-0.2, -0.15) is 0 Å². The van der Waals surface area contributed by atoms with Gasteiger partial charge in [-0.1, -0.05) is 54.6 Å². The Morgan fingerprint density at radius 2 is 1.93 bits per heavy atom. The first-order valence-corrected chi connectivity index (χ1v) is 5.26. The van der Waals surface area contributed by atoms with Crippen LogP contribution in [0.25, 0.3) is 0 Å². The largest absolute Gasteiger partial charge is 0.381 e. The third kappa shape index (κ3) is 3.13. The molecule has 0 aromatic heterocycles. The number of hydrogen-bond donors (Lipinski definition) is 1. The van der Waals surface area contributed by atoms with Gasteiger partial charge in [-0.05, 0) is 18.1 Å². The maximum Gasteiger partial charge on any atom is 0.0400 e. The van der Waals surface area contributed by atoms with Gasteiger partial charge in [0.2, 0.25) is 0 Å². The minimum atomic E-state index is 0.886. The number of rotatable bonds is 3. The first-order valence-electron chi connectivity index (χ1n) is 5.26. The number of allylic oxidation sites excluding steroid dienone is 5. The molecule has 2 rings (SSSR count). The fraction of sp³-hybridized carbons (Fsp3) is 0.143.